The Morgan fingerprint density at radius 3 is 2.41 bits per heavy atom. The molecule has 4 rings (SSSR count). The number of hydrogen-bond donors (Lipinski definition) is 3. The number of phenols is 1. The van der Waals surface area contributed by atoms with Crippen LogP contribution in [0.3, 0.4) is 0 Å². The third-order valence-corrected chi connectivity index (χ3v) is 7.21. The molecule has 0 aromatic heterocycles. The van der Waals surface area contributed by atoms with Crippen LogP contribution in [-0.4, -0.2) is 31.1 Å². The standard InChI is InChI=1S/C25H19Cl2N3O6S/c1-13-17(26)10-11-20(37(33,34)35)22(13)29-30-23-15-7-4-3-6-14(15)12-16(24(23)31)25(32)28-18-8-5-9-19(36-2)21(18)27/h3-12,31H,1-2H3,(H,28,32)(H,33,34,35). The fraction of sp³-hybridized carbons (Fsp3) is 0.0800. The van der Waals surface area contributed by atoms with E-state index in [0.717, 1.165) is 6.07 Å². The third-order valence-electron chi connectivity index (χ3n) is 5.53. The molecule has 0 saturated carbocycles. The summed E-state index contributed by atoms with van der Waals surface area (Å²) in [5.74, 6) is -0.845. The second kappa shape index (κ2) is 10.3. The number of rotatable bonds is 6. The lowest BCUT2D eigenvalue weighted by molar-refractivity contribution is 0.102. The molecule has 0 aliphatic rings. The minimum absolute atomic E-state index is 0.0966. The summed E-state index contributed by atoms with van der Waals surface area (Å²) in [5.41, 5.74) is 0.0569. The van der Waals surface area contributed by atoms with Gasteiger partial charge in [0.1, 0.15) is 27.0 Å². The van der Waals surface area contributed by atoms with Crippen molar-refractivity contribution in [3.63, 3.8) is 0 Å². The molecule has 0 saturated heterocycles. The number of anilines is 1. The van der Waals surface area contributed by atoms with Crippen molar-refractivity contribution in [1.82, 2.24) is 0 Å². The second-order valence-electron chi connectivity index (χ2n) is 7.81. The molecule has 4 aromatic rings. The van der Waals surface area contributed by atoms with Gasteiger partial charge in [-0.05, 0) is 48.2 Å². The van der Waals surface area contributed by atoms with Gasteiger partial charge in [-0.25, -0.2) is 0 Å². The molecule has 0 unspecified atom stereocenters. The molecule has 190 valence electrons. The molecule has 0 radical (unpaired) electrons. The van der Waals surface area contributed by atoms with E-state index in [1.165, 1.54) is 26.2 Å². The van der Waals surface area contributed by atoms with Crippen LogP contribution in [0.25, 0.3) is 10.8 Å². The molecule has 4 aromatic carbocycles. The van der Waals surface area contributed by atoms with Crippen LogP contribution in [0, 0.1) is 6.92 Å². The van der Waals surface area contributed by atoms with Crippen molar-refractivity contribution >= 4 is 67.1 Å². The van der Waals surface area contributed by atoms with E-state index >= 15 is 0 Å². The van der Waals surface area contributed by atoms with Crippen molar-refractivity contribution < 1.29 is 27.6 Å². The maximum Gasteiger partial charge on any atom is 0.296 e. The molecule has 12 heteroatoms. The Hall–Kier alpha value is -3.70. The Morgan fingerprint density at radius 1 is 1.00 bits per heavy atom. The minimum Gasteiger partial charge on any atom is -0.505 e. The van der Waals surface area contributed by atoms with Gasteiger partial charge < -0.3 is 15.2 Å². The number of nitrogens with zero attached hydrogens (tertiary/aromatic N) is 2. The summed E-state index contributed by atoms with van der Waals surface area (Å²) in [6.45, 7) is 1.51. The average molecular weight is 560 g/mol. The first-order valence-electron chi connectivity index (χ1n) is 10.6. The largest absolute Gasteiger partial charge is 0.505 e. The maximum atomic E-state index is 13.2. The first kappa shape index (κ1) is 26.4. The van der Waals surface area contributed by atoms with Crippen molar-refractivity contribution in [1.29, 1.82) is 0 Å². The number of phenolic OH excluding ortho intramolecular Hbond substituents is 1. The lowest BCUT2D eigenvalue weighted by Gasteiger charge is -2.13. The first-order chi connectivity index (χ1) is 17.5. The van der Waals surface area contributed by atoms with Gasteiger partial charge in [-0.15, -0.1) is 10.2 Å². The highest BCUT2D eigenvalue weighted by Gasteiger charge is 2.22. The summed E-state index contributed by atoms with van der Waals surface area (Å²) in [6, 6.07) is 15.5. The quantitative estimate of drug-likeness (QED) is 0.170. The van der Waals surface area contributed by atoms with Gasteiger partial charge in [-0.2, -0.15) is 8.42 Å². The van der Waals surface area contributed by atoms with Gasteiger partial charge in [0, 0.05) is 10.4 Å². The zero-order valence-corrected chi connectivity index (χ0v) is 21.7. The van der Waals surface area contributed by atoms with E-state index < -0.39 is 26.7 Å². The van der Waals surface area contributed by atoms with Crippen molar-refractivity contribution in [2.75, 3.05) is 12.4 Å². The fourth-order valence-electron chi connectivity index (χ4n) is 3.63. The molecule has 0 bridgehead atoms. The van der Waals surface area contributed by atoms with Crippen molar-refractivity contribution in [2.45, 2.75) is 11.8 Å². The Morgan fingerprint density at radius 2 is 1.70 bits per heavy atom. The van der Waals surface area contributed by atoms with Crippen LogP contribution in [0.5, 0.6) is 11.5 Å². The molecule has 37 heavy (non-hydrogen) atoms. The van der Waals surface area contributed by atoms with Gasteiger partial charge in [-0.3, -0.25) is 9.35 Å². The Kier molecular flexibility index (Phi) is 7.37. The third kappa shape index (κ3) is 5.23. The molecule has 0 aliphatic carbocycles. The van der Waals surface area contributed by atoms with Crippen molar-refractivity contribution in [3.8, 4) is 11.5 Å². The van der Waals surface area contributed by atoms with Crippen molar-refractivity contribution in [3.05, 3.63) is 81.8 Å². The number of carbonyl (C=O) groups excluding carboxylic acids is 1. The van der Waals surface area contributed by atoms with Gasteiger partial charge in [0.15, 0.2) is 5.75 Å². The van der Waals surface area contributed by atoms with Gasteiger partial charge in [0.05, 0.1) is 18.4 Å². The van der Waals surface area contributed by atoms with Crippen LogP contribution in [-0.2, 0) is 10.1 Å². The number of nitrogens with one attached hydrogen (secondary N) is 1. The summed E-state index contributed by atoms with van der Waals surface area (Å²) in [7, 11) is -3.22. The van der Waals surface area contributed by atoms with Crippen LogP contribution in [0.4, 0.5) is 17.1 Å². The van der Waals surface area contributed by atoms with E-state index in [-0.39, 0.29) is 38.2 Å². The summed E-state index contributed by atoms with van der Waals surface area (Å²) >= 11 is 12.4. The SMILES string of the molecule is COc1cccc(NC(=O)c2cc3ccccc3c(N=Nc3c(S(=O)(=O)O)ccc(Cl)c3C)c2O)c1Cl. The number of benzene rings is 4. The minimum atomic E-state index is -4.66. The second-order valence-corrected chi connectivity index (χ2v) is 9.99. The van der Waals surface area contributed by atoms with E-state index in [1.807, 2.05) is 0 Å². The summed E-state index contributed by atoms with van der Waals surface area (Å²) in [5, 5.41) is 23.2. The Labute approximate surface area is 222 Å². The average Bonchev–Trinajstić information content (AvgIpc) is 2.86. The van der Waals surface area contributed by atoms with E-state index in [2.05, 4.69) is 15.5 Å². The van der Waals surface area contributed by atoms with Gasteiger partial charge in [0.2, 0.25) is 0 Å². The molecule has 9 nitrogen and oxygen atoms in total. The zero-order chi connectivity index (χ0) is 26.9. The number of ether oxygens (including phenoxy) is 1. The van der Waals surface area contributed by atoms with Gasteiger partial charge >= 0.3 is 0 Å². The highest BCUT2D eigenvalue weighted by molar-refractivity contribution is 7.86. The molecular weight excluding hydrogens is 541 g/mol. The lowest BCUT2D eigenvalue weighted by Crippen LogP contribution is -2.12. The van der Waals surface area contributed by atoms with E-state index in [1.54, 1.807) is 42.5 Å². The first-order valence-corrected chi connectivity index (χ1v) is 12.8. The van der Waals surface area contributed by atoms with E-state index in [9.17, 15) is 22.9 Å². The normalized spacial score (nSPS) is 11.7. The monoisotopic (exact) mass is 559 g/mol. The molecule has 0 fully saturated rings. The highest BCUT2D eigenvalue weighted by atomic mass is 35.5. The van der Waals surface area contributed by atoms with Crippen LogP contribution in [0.1, 0.15) is 15.9 Å². The van der Waals surface area contributed by atoms with Gasteiger partial charge in [0.25, 0.3) is 16.0 Å². The number of methoxy groups -OCH3 is 1. The van der Waals surface area contributed by atoms with E-state index in [4.69, 9.17) is 27.9 Å². The summed E-state index contributed by atoms with van der Waals surface area (Å²) in [6.07, 6.45) is 0. The highest BCUT2D eigenvalue weighted by Crippen LogP contribution is 2.42. The number of carbonyl (C=O) groups is 1. The zero-order valence-electron chi connectivity index (χ0n) is 19.4. The van der Waals surface area contributed by atoms with Crippen LogP contribution >= 0.6 is 23.2 Å². The number of aromatic hydroxyl groups is 1. The molecule has 0 heterocycles. The molecule has 0 atom stereocenters. The lowest BCUT2D eigenvalue weighted by atomic mass is 10.0. The molecule has 0 aliphatic heterocycles. The molecule has 0 spiro atoms. The van der Waals surface area contributed by atoms with Crippen LogP contribution in [0.15, 0.2) is 75.8 Å². The van der Waals surface area contributed by atoms with Crippen LogP contribution < -0.4 is 10.1 Å². The predicted octanol–water partition coefficient (Wildman–Crippen LogP) is 7.08. The number of halogens is 2. The van der Waals surface area contributed by atoms with Gasteiger partial charge in [-0.1, -0.05) is 53.5 Å². The van der Waals surface area contributed by atoms with Crippen LogP contribution in [0.2, 0.25) is 10.0 Å². The number of azo groups is 1. The molecular formula is C25H19Cl2N3O6S. The number of amides is 1. The smallest absolute Gasteiger partial charge is 0.296 e. The predicted molar refractivity (Wildman–Crippen MR) is 142 cm³/mol. The maximum absolute atomic E-state index is 13.2. The summed E-state index contributed by atoms with van der Waals surface area (Å²) < 4.78 is 38.6. The number of fused-ring (bicyclic) bond motifs is 1. The Balaban J connectivity index is 1.86. The van der Waals surface area contributed by atoms with E-state index in [0.29, 0.717) is 16.5 Å². The Bertz CT molecular complexity index is 1690. The topological polar surface area (TPSA) is 138 Å². The van der Waals surface area contributed by atoms with Crippen molar-refractivity contribution in [2.24, 2.45) is 10.2 Å². The number of hydrogen-bond acceptors (Lipinski definition) is 7. The molecule has 3 N–H and O–H groups in total. The fourth-order valence-corrected chi connectivity index (χ4v) is 4.71. The summed E-state index contributed by atoms with van der Waals surface area (Å²) in [4.78, 5) is 12.7. The molecule has 1 amide bonds.